The number of rotatable bonds is 6. The van der Waals surface area contributed by atoms with Gasteiger partial charge < -0.3 is 20.7 Å². The lowest BCUT2D eigenvalue weighted by Gasteiger charge is -2.13. The van der Waals surface area contributed by atoms with Crippen molar-refractivity contribution in [1.29, 1.82) is 0 Å². The number of nitrogen functional groups attached to an aromatic ring is 1. The zero-order valence-electron chi connectivity index (χ0n) is 12.2. The molecule has 0 unspecified atom stereocenters. The average Bonchev–Trinajstić information content (AvgIpc) is 2.43. The Kier molecular flexibility index (Phi) is 5.79. The normalized spacial score (nSPS) is 11.0. The molecule has 0 fully saturated rings. The number of nitrogens with zero attached hydrogens (tertiary/aromatic N) is 1. The number of nitrogens with two attached hydrogens (primary N) is 1. The SMILES string of the molecule is COc1ccc(N)cc1S(=O)(=O)NCCNC(=O)N(C)C. The first kappa shape index (κ1) is 17.1. The van der Waals surface area contributed by atoms with Gasteiger partial charge in [-0.05, 0) is 18.2 Å². The highest BCUT2D eigenvalue weighted by atomic mass is 32.2. The smallest absolute Gasteiger partial charge is 0.316 e. The molecule has 2 amide bonds. The third kappa shape index (κ3) is 4.80. The number of carbonyl (C=O) groups excluding carboxylic acids is 1. The summed E-state index contributed by atoms with van der Waals surface area (Å²) in [6.07, 6.45) is 0. The number of nitrogens with one attached hydrogen (secondary N) is 2. The molecule has 1 rings (SSSR count). The molecular weight excluding hydrogens is 296 g/mol. The van der Waals surface area contributed by atoms with Crippen molar-refractivity contribution in [3.05, 3.63) is 18.2 Å². The van der Waals surface area contributed by atoms with E-state index in [2.05, 4.69) is 10.0 Å². The summed E-state index contributed by atoms with van der Waals surface area (Å²) in [6, 6.07) is 4.06. The molecule has 0 aliphatic rings. The van der Waals surface area contributed by atoms with Gasteiger partial charge in [0.25, 0.3) is 0 Å². The van der Waals surface area contributed by atoms with Crippen molar-refractivity contribution in [3.8, 4) is 5.75 Å². The number of amides is 2. The monoisotopic (exact) mass is 316 g/mol. The summed E-state index contributed by atoms with van der Waals surface area (Å²) >= 11 is 0. The summed E-state index contributed by atoms with van der Waals surface area (Å²) < 4.78 is 31.7. The molecule has 0 saturated heterocycles. The minimum Gasteiger partial charge on any atom is -0.495 e. The fourth-order valence-electron chi connectivity index (χ4n) is 1.49. The topological polar surface area (TPSA) is 114 Å². The molecule has 0 bridgehead atoms. The zero-order valence-corrected chi connectivity index (χ0v) is 13.0. The van der Waals surface area contributed by atoms with Gasteiger partial charge in [0.2, 0.25) is 10.0 Å². The molecule has 0 atom stereocenters. The van der Waals surface area contributed by atoms with E-state index >= 15 is 0 Å². The van der Waals surface area contributed by atoms with Crippen LogP contribution in [0.1, 0.15) is 0 Å². The number of ether oxygens (including phenoxy) is 1. The lowest BCUT2D eigenvalue weighted by molar-refractivity contribution is 0.217. The van der Waals surface area contributed by atoms with Gasteiger partial charge in [0.15, 0.2) is 0 Å². The van der Waals surface area contributed by atoms with Gasteiger partial charge in [-0.25, -0.2) is 17.9 Å². The van der Waals surface area contributed by atoms with Gasteiger partial charge in [0.1, 0.15) is 10.6 Å². The highest BCUT2D eigenvalue weighted by Gasteiger charge is 2.19. The van der Waals surface area contributed by atoms with Crippen molar-refractivity contribution in [3.63, 3.8) is 0 Å². The Morgan fingerprint density at radius 1 is 1.33 bits per heavy atom. The Morgan fingerprint density at radius 3 is 2.57 bits per heavy atom. The van der Waals surface area contributed by atoms with Crippen LogP contribution in [0.25, 0.3) is 0 Å². The molecule has 0 saturated carbocycles. The fourth-order valence-corrected chi connectivity index (χ4v) is 2.73. The number of carbonyl (C=O) groups is 1. The van der Waals surface area contributed by atoms with Crippen LogP contribution in [0.3, 0.4) is 0 Å². The van der Waals surface area contributed by atoms with Crippen LogP contribution in [-0.4, -0.2) is 53.6 Å². The molecule has 0 radical (unpaired) electrons. The van der Waals surface area contributed by atoms with Gasteiger partial charge in [-0.2, -0.15) is 0 Å². The second kappa shape index (κ2) is 7.14. The Hall–Kier alpha value is -2.00. The van der Waals surface area contributed by atoms with Crippen LogP contribution in [0.2, 0.25) is 0 Å². The summed E-state index contributed by atoms with van der Waals surface area (Å²) in [5, 5.41) is 2.55. The van der Waals surface area contributed by atoms with E-state index in [1.54, 1.807) is 20.2 Å². The van der Waals surface area contributed by atoms with Gasteiger partial charge >= 0.3 is 6.03 Å². The molecule has 0 aliphatic heterocycles. The predicted molar refractivity (Wildman–Crippen MR) is 79.7 cm³/mol. The van der Waals surface area contributed by atoms with E-state index in [4.69, 9.17) is 10.5 Å². The van der Waals surface area contributed by atoms with E-state index in [-0.39, 0.29) is 29.8 Å². The van der Waals surface area contributed by atoms with Crippen LogP contribution in [0, 0.1) is 0 Å². The van der Waals surface area contributed by atoms with Crippen molar-refractivity contribution in [2.45, 2.75) is 4.90 Å². The second-order valence-corrected chi connectivity index (χ2v) is 6.17. The van der Waals surface area contributed by atoms with Crippen molar-refractivity contribution >= 4 is 21.7 Å². The Balaban J connectivity index is 2.70. The van der Waals surface area contributed by atoms with Crippen LogP contribution in [0.5, 0.6) is 5.75 Å². The molecule has 0 spiro atoms. The number of hydrogen-bond acceptors (Lipinski definition) is 5. The first-order chi connectivity index (χ1) is 9.77. The maximum atomic E-state index is 12.2. The van der Waals surface area contributed by atoms with Crippen LogP contribution in [0.15, 0.2) is 23.1 Å². The highest BCUT2D eigenvalue weighted by Crippen LogP contribution is 2.25. The van der Waals surface area contributed by atoms with Gasteiger partial charge in [-0.1, -0.05) is 0 Å². The third-order valence-electron chi connectivity index (χ3n) is 2.58. The lowest BCUT2D eigenvalue weighted by Crippen LogP contribution is -2.39. The molecule has 8 nitrogen and oxygen atoms in total. The first-order valence-corrected chi connectivity index (χ1v) is 7.64. The minimum atomic E-state index is -3.76. The van der Waals surface area contributed by atoms with E-state index in [0.717, 1.165) is 0 Å². The van der Waals surface area contributed by atoms with Gasteiger partial charge in [0.05, 0.1) is 7.11 Å². The van der Waals surface area contributed by atoms with Crippen LogP contribution >= 0.6 is 0 Å². The summed E-state index contributed by atoms with van der Waals surface area (Å²) in [7, 11) is 0.802. The number of hydrogen-bond donors (Lipinski definition) is 3. The lowest BCUT2D eigenvalue weighted by atomic mass is 10.3. The van der Waals surface area contributed by atoms with E-state index in [0.29, 0.717) is 5.69 Å². The summed E-state index contributed by atoms with van der Waals surface area (Å²) in [5.41, 5.74) is 5.91. The summed E-state index contributed by atoms with van der Waals surface area (Å²) in [4.78, 5) is 12.6. The maximum absolute atomic E-state index is 12.2. The molecular formula is C12H20N4O4S. The van der Waals surface area contributed by atoms with Crippen molar-refractivity contribution in [2.75, 3.05) is 40.0 Å². The molecule has 0 heterocycles. The molecule has 4 N–H and O–H groups in total. The first-order valence-electron chi connectivity index (χ1n) is 6.16. The van der Waals surface area contributed by atoms with E-state index < -0.39 is 10.0 Å². The van der Waals surface area contributed by atoms with Gasteiger partial charge in [-0.3, -0.25) is 0 Å². The standard InChI is InChI=1S/C12H20N4O4S/c1-16(2)12(17)14-6-7-15-21(18,19)11-8-9(13)4-5-10(11)20-3/h4-5,8,15H,6-7,13H2,1-3H3,(H,14,17). The van der Waals surface area contributed by atoms with E-state index in [9.17, 15) is 13.2 Å². The number of methoxy groups -OCH3 is 1. The zero-order chi connectivity index (χ0) is 16.0. The summed E-state index contributed by atoms with van der Waals surface area (Å²) in [5.74, 6) is 0.203. The van der Waals surface area contributed by atoms with Crippen LogP contribution in [0.4, 0.5) is 10.5 Å². The van der Waals surface area contributed by atoms with Crippen molar-refractivity contribution in [2.24, 2.45) is 0 Å². The molecule has 118 valence electrons. The van der Waals surface area contributed by atoms with Crippen molar-refractivity contribution < 1.29 is 17.9 Å². The highest BCUT2D eigenvalue weighted by molar-refractivity contribution is 7.89. The maximum Gasteiger partial charge on any atom is 0.316 e. The number of urea groups is 1. The number of benzene rings is 1. The Labute approximate surface area is 124 Å². The number of anilines is 1. The van der Waals surface area contributed by atoms with E-state index in [1.807, 2.05) is 0 Å². The minimum absolute atomic E-state index is 0.0380. The number of sulfonamides is 1. The van der Waals surface area contributed by atoms with E-state index in [1.165, 1.54) is 24.1 Å². The fraction of sp³-hybridized carbons (Fsp3) is 0.417. The Bertz CT molecular complexity index is 601. The molecule has 0 aromatic heterocycles. The molecule has 1 aromatic carbocycles. The van der Waals surface area contributed by atoms with Crippen LogP contribution < -0.4 is 20.5 Å². The summed E-state index contributed by atoms with van der Waals surface area (Å²) in [6.45, 7) is 0.223. The molecule has 1 aromatic rings. The molecule has 9 heteroatoms. The molecule has 21 heavy (non-hydrogen) atoms. The third-order valence-corrected chi connectivity index (χ3v) is 4.06. The predicted octanol–water partition coefficient (Wildman–Crippen LogP) is -0.173. The molecule has 0 aliphatic carbocycles. The van der Waals surface area contributed by atoms with Crippen molar-refractivity contribution in [1.82, 2.24) is 14.9 Å². The van der Waals surface area contributed by atoms with Gasteiger partial charge in [-0.15, -0.1) is 0 Å². The second-order valence-electron chi connectivity index (χ2n) is 4.43. The Morgan fingerprint density at radius 2 is 2.00 bits per heavy atom. The van der Waals surface area contributed by atoms with Crippen LogP contribution in [-0.2, 0) is 10.0 Å². The average molecular weight is 316 g/mol. The van der Waals surface area contributed by atoms with Gasteiger partial charge in [0, 0.05) is 32.9 Å². The largest absolute Gasteiger partial charge is 0.495 e. The quantitative estimate of drug-likeness (QED) is 0.498.